The van der Waals surface area contributed by atoms with E-state index in [2.05, 4.69) is 4.72 Å². The van der Waals surface area contributed by atoms with Crippen molar-refractivity contribution in [3.05, 3.63) is 89.7 Å². The maximum absolute atomic E-state index is 13.1. The standard InChI is InChI=1S/C25H24N2O6S2/c1-32-24-15-19(26-35(30,31)20-10-6-3-7-11-20)14-21-22-16-27(13-12-23(22)33-25(21)24)34(28,29)17-18-8-4-2-5-9-18/h2-11,14-15,26H,12-13,16-17H2,1H3. The summed E-state index contributed by atoms with van der Waals surface area (Å²) in [7, 11) is -5.92. The number of nitrogens with one attached hydrogen (secondary N) is 1. The maximum atomic E-state index is 13.1. The van der Waals surface area contributed by atoms with Gasteiger partial charge in [-0.1, -0.05) is 48.5 Å². The van der Waals surface area contributed by atoms with Gasteiger partial charge in [-0.3, -0.25) is 4.72 Å². The van der Waals surface area contributed by atoms with Crippen molar-refractivity contribution in [2.24, 2.45) is 0 Å². The van der Waals surface area contributed by atoms with E-state index in [9.17, 15) is 16.8 Å². The van der Waals surface area contributed by atoms with Gasteiger partial charge in [-0.2, -0.15) is 4.31 Å². The lowest BCUT2D eigenvalue weighted by atomic mass is 10.1. The van der Waals surface area contributed by atoms with Crippen LogP contribution in [0.3, 0.4) is 0 Å². The molecule has 1 aliphatic rings. The molecule has 35 heavy (non-hydrogen) atoms. The fraction of sp³-hybridized carbons (Fsp3) is 0.200. The number of ether oxygens (including phenoxy) is 1. The summed E-state index contributed by atoms with van der Waals surface area (Å²) in [6, 6.07) is 20.3. The number of furan rings is 1. The fourth-order valence-electron chi connectivity index (χ4n) is 4.26. The van der Waals surface area contributed by atoms with E-state index in [1.807, 2.05) is 18.2 Å². The Morgan fingerprint density at radius 2 is 1.66 bits per heavy atom. The third-order valence-corrected chi connectivity index (χ3v) is 9.17. The predicted octanol–water partition coefficient (Wildman–Crippen LogP) is 4.13. The van der Waals surface area contributed by atoms with Gasteiger partial charge in [-0.15, -0.1) is 0 Å². The van der Waals surface area contributed by atoms with E-state index in [1.54, 1.807) is 42.5 Å². The molecule has 2 heterocycles. The summed E-state index contributed by atoms with van der Waals surface area (Å²) in [5.41, 5.74) is 2.19. The minimum atomic E-state index is -3.82. The normalized spacial score (nSPS) is 14.5. The van der Waals surface area contributed by atoms with E-state index < -0.39 is 20.0 Å². The van der Waals surface area contributed by atoms with Crippen LogP contribution in [0.2, 0.25) is 0 Å². The largest absolute Gasteiger partial charge is 0.493 e. The second-order valence-electron chi connectivity index (χ2n) is 8.30. The van der Waals surface area contributed by atoms with Crippen molar-refractivity contribution in [2.75, 3.05) is 18.4 Å². The smallest absolute Gasteiger partial charge is 0.261 e. The van der Waals surface area contributed by atoms with Crippen LogP contribution in [0, 0.1) is 0 Å². The number of methoxy groups -OCH3 is 1. The van der Waals surface area contributed by atoms with Gasteiger partial charge in [0, 0.05) is 36.5 Å². The number of benzene rings is 3. The fourth-order valence-corrected chi connectivity index (χ4v) is 6.81. The molecule has 0 spiro atoms. The topological polar surface area (TPSA) is 106 Å². The number of sulfonamides is 2. The van der Waals surface area contributed by atoms with Crippen molar-refractivity contribution in [2.45, 2.75) is 23.6 Å². The molecule has 0 amide bonds. The molecule has 0 radical (unpaired) electrons. The minimum Gasteiger partial charge on any atom is -0.493 e. The van der Waals surface area contributed by atoms with Crippen LogP contribution in [0.5, 0.6) is 5.75 Å². The van der Waals surface area contributed by atoms with Crippen LogP contribution in [-0.4, -0.2) is 34.8 Å². The highest BCUT2D eigenvalue weighted by atomic mass is 32.2. The Bertz CT molecular complexity index is 1580. The monoisotopic (exact) mass is 512 g/mol. The van der Waals surface area contributed by atoms with E-state index in [1.165, 1.54) is 23.5 Å². The molecule has 0 bridgehead atoms. The summed E-state index contributed by atoms with van der Waals surface area (Å²) in [6.45, 7) is 0.438. The first-order chi connectivity index (χ1) is 16.8. The molecule has 0 aliphatic carbocycles. The highest BCUT2D eigenvalue weighted by Gasteiger charge is 2.31. The molecule has 4 aromatic rings. The van der Waals surface area contributed by atoms with Gasteiger partial charge in [0.15, 0.2) is 11.3 Å². The Hall–Kier alpha value is -3.34. The first-order valence-electron chi connectivity index (χ1n) is 11.0. The summed E-state index contributed by atoms with van der Waals surface area (Å²) >= 11 is 0. The lowest BCUT2D eigenvalue weighted by Gasteiger charge is -2.25. The molecule has 0 atom stereocenters. The lowest BCUT2D eigenvalue weighted by molar-refractivity contribution is 0.363. The molecule has 1 aromatic heterocycles. The van der Waals surface area contributed by atoms with Crippen LogP contribution in [-0.2, 0) is 38.8 Å². The molecule has 1 N–H and O–H groups in total. The Morgan fingerprint density at radius 1 is 0.971 bits per heavy atom. The maximum Gasteiger partial charge on any atom is 0.261 e. The zero-order valence-corrected chi connectivity index (χ0v) is 20.6. The first-order valence-corrected chi connectivity index (χ1v) is 14.1. The zero-order valence-electron chi connectivity index (χ0n) is 19.0. The molecule has 3 aromatic carbocycles. The number of hydrogen-bond donors (Lipinski definition) is 1. The number of rotatable bonds is 7. The van der Waals surface area contributed by atoms with Crippen molar-refractivity contribution >= 4 is 36.7 Å². The predicted molar refractivity (Wildman–Crippen MR) is 133 cm³/mol. The molecule has 0 saturated carbocycles. The quantitative estimate of drug-likeness (QED) is 0.399. The van der Waals surface area contributed by atoms with Crippen molar-refractivity contribution < 1.29 is 26.0 Å². The summed E-state index contributed by atoms with van der Waals surface area (Å²) in [5, 5.41) is 0.615. The van der Waals surface area contributed by atoms with Gasteiger partial charge in [0.25, 0.3) is 10.0 Å². The van der Waals surface area contributed by atoms with Crippen LogP contribution in [0.1, 0.15) is 16.9 Å². The van der Waals surface area contributed by atoms with Crippen LogP contribution >= 0.6 is 0 Å². The van der Waals surface area contributed by atoms with Crippen molar-refractivity contribution in [3.63, 3.8) is 0 Å². The van der Waals surface area contributed by atoms with Crippen molar-refractivity contribution in [3.8, 4) is 5.75 Å². The van der Waals surface area contributed by atoms with E-state index >= 15 is 0 Å². The van der Waals surface area contributed by atoms with Gasteiger partial charge in [0.05, 0.1) is 23.4 Å². The molecular formula is C25H24N2O6S2. The lowest BCUT2D eigenvalue weighted by Crippen LogP contribution is -2.36. The Morgan fingerprint density at radius 3 is 2.34 bits per heavy atom. The van der Waals surface area contributed by atoms with Crippen LogP contribution in [0.25, 0.3) is 11.0 Å². The number of anilines is 1. The zero-order chi connectivity index (χ0) is 24.6. The average molecular weight is 513 g/mol. The van der Waals surface area contributed by atoms with Gasteiger partial charge in [0.2, 0.25) is 10.0 Å². The van der Waals surface area contributed by atoms with E-state index in [4.69, 9.17) is 9.15 Å². The number of fused-ring (bicyclic) bond motifs is 3. The first kappa shape index (κ1) is 23.4. The molecule has 182 valence electrons. The SMILES string of the molecule is COc1cc(NS(=O)(=O)c2ccccc2)cc2c3c(oc12)CCN(S(=O)(=O)Cc1ccccc1)C3. The van der Waals surface area contributed by atoms with Gasteiger partial charge >= 0.3 is 0 Å². The molecular weight excluding hydrogens is 488 g/mol. The van der Waals surface area contributed by atoms with Crippen LogP contribution < -0.4 is 9.46 Å². The molecule has 0 fully saturated rings. The van der Waals surface area contributed by atoms with Gasteiger partial charge in [-0.05, 0) is 23.8 Å². The molecule has 5 rings (SSSR count). The summed E-state index contributed by atoms with van der Waals surface area (Å²) in [4.78, 5) is 0.131. The average Bonchev–Trinajstić information content (AvgIpc) is 3.22. The Kier molecular flexibility index (Phi) is 6.04. The van der Waals surface area contributed by atoms with Crippen molar-refractivity contribution in [1.29, 1.82) is 0 Å². The van der Waals surface area contributed by atoms with Gasteiger partial charge in [0.1, 0.15) is 5.76 Å². The molecule has 0 saturated heterocycles. The number of hydrogen-bond acceptors (Lipinski definition) is 6. The van der Waals surface area contributed by atoms with E-state index in [-0.39, 0.29) is 17.2 Å². The molecule has 8 nitrogen and oxygen atoms in total. The highest BCUT2D eigenvalue weighted by molar-refractivity contribution is 7.92. The number of nitrogens with zero attached hydrogens (tertiary/aromatic N) is 1. The van der Waals surface area contributed by atoms with Gasteiger partial charge in [-0.25, -0.2) is 16.8 Å². The third-order valence-electron chi connectivity index (χ3n) is 5.98. The second-order valence-corrected chi connectivity index (χ2v) is 12.0. The van der Waals surface area contributed by atoms with Crippen LogP contribution in [0.15, 0.2) is 82.1 Å². The molecule has 1 aliphatic heterocycles. The summed E-state index contributed by atoms with van der Waals surface area (Å²) < 4.78 is 67.5. The minimum absolute atomic E-state index is 0.0929. The van der Waals surface area contributed by atoms with Crippen molar-refractivity contribution in [1.82, 2.24) is 4.31 Å². The molecule has 10 heteroatoms. The van der Waals surface area contributed by atoms with E-state index in [0.717, 1.165) is 5.56 Å². The summed E-state index contributed by atoms with van der Waals surface area (Å²) in [5.74, 6) is 0.943. The summed E-state index contributed by atoms with van der Waals surface area (Å²) in [6.07, 6.45) is 0.409. The molecule has 0 unspecified atom stereocenters. The van der Waals surface area contributed by atoms with E-state index in [0.29, 0.717) is 46.7 Å². The highest BCUT2D eigenvalue weighted by Crippen LogP contribution is 2.39. The van der Waals surface area contributed by atoms with Gasteiger partial charge < -0.3 is 9.15 Å². The Balaban J connectivity index is 1.50. The third kappa shape index (κ3) is 4.64. The Labute approximate surface area is 204 Å². The second kappa shape index (κ2) is 9.03. The van der Waals surface area contributed by atoms with Crippen LogP contribution in [0.4, 0.5) is 5.69 Å².